The molecular formula is C18H21N4O3P. The van der Waals surface area contributed by atoms with Crippen LogP contribution in [0.2, 0.25) is 0 Å². The van der Waals surface area contributed by atoms with Gasteiger partial charge in [0.05, 0.1) is 12.6 Å². The highest BCUT2D eigenvalue weighted by molar-refractivity contribution is 7.16. The maximum absolute atomic E-state index is 12.8. The van der Waals surface area contributed by atoms with Crippen molar-refractivity contribution in [2.45, 2.75) is 26.4 Å². The highest BCUT2D eigenvalue weighted by atomic mass is 31.0. The van der Waals surface area contributed by atoms with Crippen molar-refractivity contribution in [2.75, 3.05) is 12.8 Å². The van der Waals surface area contributed by atoms with Crippen LogP contribution in [0.15, 0.2) is 24.5 Å². The summed E-state index contributed by atoms with van der Waals surface area (Å²) < 4.78 is 5.59. The van der Waals surface area contributed by atoms with Gasteiger partial charge in [0.1, 0.15) is 5.69 Å². The topological polar surface area (TPSA) is 98.4 Å². The first kappa shape index (κ1) is 18.3. The van der Waals surface area contributed by atoms with Gasteiger partial charge in [0.15, 0.2) is 0 Å². The van der Waals surface area contributed by atoms with Gasteiger partial charge >= 0.3 is 0 Å². The summed E-state index contributed by atoms with van der Waals surface area (Å²) in [6.07, 6.45) is 3.99. The number of hydrogen-bond donors (Lipinski definition) is 1. The Labute approximate surface area is 154 Å². The van der Waals surface area contributed by atoms with Crippen LogP contribution in [0.5, 0.6) is 5.88 Å². The molecule has 2 N–H and O–H groups in total. The Kier molecular flexibility index (Phi) is 5.18. The van der Waals surface area contributed by atoms with Crippen molar-refractivity contribution in [3.05, 3.63) is 52.5 Å². The molecule has 1 aliphatic rings. The first-order chi connectivity index (χ1) is 12.4. The third-order valence-electron chi connectivity index (χ3n) is 4.47. The Bertz CT molecular complexity index is 872. The van der Waals surface area contributed by atoms with Gasteiger partial charge in [-0.05, 0) is 37.7 Å². The zero-order chi connectivity index (χ0) is 18.8. The zero-order valence-electron chi connectivity index (χ0n) is 14.7. The van der Waals surface area contributed by atoms with E-state index in [0.717, 1.165) is 17.3 Å². The summed E-state index contributed by atoms with van der Waals surface area (Å²) in [5.41, 5.74) is 8.41. The van der Waals surface area contributed by atoms with Crippen molar-refractivity contribution in [3.63, 3.8) is 0 Å². The number of primary amides is 1. The van der Waals surface area contributed by atoms with Gasteiger partial charge in [-0.1, -0.05) is 0 Å². The number of fused-ring (bicyclic) bond motifs is 1. The highest BCUT2D eigenvalue weighted by Gasteiger charge is 2.34. The number of nitrogens with two attached hydrogens (primary N) is 1. The molecule has 2 aromatic rings. The number of nitrogens with zero attached hydrogens (tertiary/aromatic N) is 3. The maximum Gasteiger partial charge on any atom is 0.267 e. The average molecular weight is 372 g/mol. The number of aryl methyl sites for hydroxylation is 1. The zero-order valence-corrected chi connectivity index (χ0v) is 15.9. The van der Waals surface area contributed by atoms with Gasteiger partial charge in [-0.3, -0.25) is 14.6 Å². The van der Waals surface area contributed by atoms with Gasteiger partial charge in [-0.15, -0.1) is 9.24 Å². The lowest BCUT2D eigenvalue weighted by atomic mass is 10.1. The van der Waals surface area contributed by atoms with E-state index in [0.29, 0.717) is 30.2 Å². The van der Waals surface area contributed by atoms with E-state index in [1.807, 2.05) is 19.9 Å². The number of pyridine rings is 2. The number of carbonyl (C=O) groups is 2. The molecule has 136 valence electrons. The average Bonchev–Trinajstić information content (AvgIpc) is 2.96. The molecule has 7 nitrogen and oxygen atoms in total. The quantitative estimate of drug-likeness (QED) is 0.781. The van der Waals surface area contributed by atoms with E-state index >= 15 is 0 Å². The number of hydrogen-bond acceptors (Lipinski definition) is 5. The van der Waals surface area contributed by atoms with Crippen LogP contribution in [0.1, 0.15) is 50.5 Å². The lowest BCUT2D eigenvalue weighted by Crippen LogP contribution is -2.27. The van der Waals surface area contributed by atoms with Gasteiger partial charge < -0.3 is 15.4 Å². The minimum Gasteiger partial charge on any atom is -0.477 e. The van der Waals surface area contributed by atoms with E-state index in [2.05, 4.69) is 19.2 Å². The lowest BCUT2D eigenvalue weighted by molar-refractivity contribution is 0.0714. The molecule has 2 amide bonds. The van der Waals surface area contributed by atoms with Crippen molar-refractivity contribution in [3.8, 4) is 5.88 Å². The van der Waals surface area contributed by atoms with Crippen LogP contribution < -0.4 is 10.5 Å². The van der Waals surface area contributed by atoms with Gasteiger partial charge in [-0.25, -0.2) is 4.98 Å². The molecule has 3 rings (SSSR count). The fraction of sp³-hybridized carbons (Fsp3) is 0.333. The van der Waals surface area contributed by atoms with E-state index < -0.39 is 5.91 Å². The summed E-state index contributed by atoms with van der Waals surface area (Å²) >= 11 is 0. The summed E-state index contributed by atoms with van der Waals surface area (Å²) in [5, 5.41) is 0. The molecule has 0 fully saturated rings. The minimum absolute atomic E-state index is 0.140. The van der Waals surface area contributed by atoms with Crippen LogP contribution in [-0.4, -0.2) is 39.5 Å². The van der Waals surface area contributed by atoms with E-state index in [9.17, 15) is 9.59 Å². The Morgan fingerprint density at radius 3 is 2.88 bits per heavy atom. The largest absolute Gasteiger partial charge is 0.477 e. The third kappa shape index (κ3) is 3.27. The monoisotopic (exact) mass is 372 g/mol. The summed E-state index contributed by atoms with van der Waals surface area (Å²) in [6, 6.07) is 3.39. The van der Waals surface area contributed by atoms with Crippen molar-refractivity contribution in [2.24, 2.45) is 5.73 Å². The predicted octanol–water partition coefficient (Wildman–Crippen LogP) is 1.85. The molecule has 2 aromatic heterocycles. The molecule has 3 heterocycles. The molecule has 2 unspecified atom stereocenters. The van der Waals surface area contributed by atoms with Crippen molar-refractivity contribution >= 4 is 21.1 Å². The van der Waals surface area contributed by atoms with Crippen LogP contribution in [-0.2, 0) is 6.54 Å². The highest BCUT2D eigenvalue weighted by Crippen LogP contribution is 2.33. The number of aromatic nitrogens is 2. The molecular weight excluding hydrogens is 351 g/mol. The molecule has 0 saturated carbocycles. The number of rotatable bonds is 6. The second kappa shape index (κ2) is 7.38. The Morgan fingerprint density at radius 2 is 2.23 bits per heavy atom. The maximum atomic E-state index is 12.8. The smallest absolute Gasteiger partial charge is 0.267 e. The molecule has 0 radical (unpaired) electrons. The normalized spacial score (nSPS) is 14.3. The van der Waals surface area contributed by atoms with E-state index in [1.165, 1.54) is 6.20 Å². The van der Waals surface area contributed by atoms with Crippen LogP contribution >= 0.6 is 9.24 Å². The number of amides is 2. The fourth-order valence-corrected chi connectivity index (χ4v) is 3.19. The first-order valence-electron chi connectivity index (χ1n) is 8.32. The fourth-order valence-electron chi connectivity index (χ4n) is 3.07. The van der Waals surface area contributed by atoms with Gasteiger partial charge in [0.25, 0.3) is 11.8 Å². The molecule has 0 spiro atoms. The SMILES string of the molecule is Cc1cc(C(C)N2Cc3c(ccnc3C(N)=O)C2=O)cnc1OCCP. The number of ether oxygens (including phenoxy) is 1. The molecule has 8 heteroatoms. The third-order valence-corrected chi connectivity index (χ3v) is 4.70. The molecule has 0 aliphatic carbocycles. The van der Waals surface area contributed by atoms with Crippen LogP contribution in [0, 0.1) is 6.92 Å². The molecule has 0 aromatic carbocycles. The second-order valence-electron chi connectivity index (χ2n) is 6.19. The van der Waals surface area contributed by atoms with Crippen LogP contribution in [0.25, 0.3) is 0 Å². The van der Waals surface area contributed by atoms with Crippen LogP contribution in [0.3, 0.4) is 0 Å². The lowest BCUT2D eigenvalue weighted by Gasteiger charge is -2.25. The Morgan fingerprint density at radius 1 is 1.46 bits per heavy atom. The molecule has 0 saturated heterocycles. The Hall–Kier alpha value is -2.53. The summed E-state index contributed by atoms with van der Waals surface area (Å²) in [6.45, 7) is 4.74. The van der Waals surface area contributed by atoms with Gasteiger partial charge in [-0.2, -0.15) is 0 Å². The summed E-state index contributed by atoms with van der Waals surface area (Å²) in [7, 11) is 2.61. The van der Waals surface area contributed by atoms with Crippen LogP contribution in [0.4, 0.5) is 0 Å². The molecule has 26 heavy (non-hydrogen) atoms. The standard InChI is InChI=1S/C18H21N4O3P/c1-10-7-12(8-21-17(10)25-5-6-26)11(2)22-9-14-13(18(22)24)3-4-20-15(14)16(19)23/h3-4,7-8,11H,5-6,9,26H2,1-2H3,(H2,19,23). The minimum atomic E-state index is -0.628. The van der Waals surface area contributed by atoms with Crippen molar-refractivity contribution in [1.82, 2.24) is 14.9 Å². The Balaban J connectivity index is 1.86. The molecule has 1 aliphatic heterocycles. The second-order valence-corrected chi connectivity index (χ2v) is 6.76. The van der Waals surface area contributed by atoms with E-state index in [4.69, 9.17) is 10.5 Å². The predicted molar refractivity (Wildman–Crippen MR) is 100 cm³/mol. The molecule has 0 bridgehead atoms. The van der Waals surface area contributed by atoms with Gasteiger partial charge in [0.2, 0.25) is 5.88 Å². The van der Waals surface area contributed by atoms with Crippen molar-refractivity contribution in [1.29, 1.82) is 0 Å². The molecule has 2 atom stereocenters. The van der Waals surface area contributed by atoms with E-state index in [1.54, 1.807) is 17.2 Å². The van der Waals surface area contributed by atoms with E-state index in [-0.39, 0.29) is 17.6 Å². The van der Waals surface area contributed by atoms with Crippen molar-refractivity contribution < 1.29 is 14.3 Å². The first-order valence-corrected chi connectivity index (χ1v) is 9.13. The van der Waals surface area contributed by atoms with Gasteiger partial charge in [0, 0.05) is 35.6 Å². The summed E-state index contributed by atoms with van der Waals surface area (Å²) in [4.78, 5) is 34.5. The summed E-state index contributed by atoms with van der Waals surface area (Å²) in [5.74, 6) is -0.171. The number of carbonyl (C=O) groups excluding carboxylic acids is 2.